The Labute approximate surface area is 205 Å². The molecule has 3 aromatic rings. The minimum atomic E-state index is -1.01. The Morgan fingerprint density at radius 2 is 1.71 bits per heavy atom. The molecule has 2 aromatic carbocycles. The van der Waals surface area contributed by atoms with Gasteiger partial charge in [-0.1, -0.05) is 12.1 Å². The molecule has 0 radical (unpaired) electrons. The number of carbonyl (C=O) groups excluding carboxylic acids is 2. The molecule has 1 saturated heterocycles. The Morgan fingerprint density at radius 3 is 2.34 bits per heavy atom. The van der Waals surface area contributed by atoms with Crippen LogP contribution in [0.1, 0.15) is 40.3 Å². The van der Waals surface area contributed by atoms with E-state index in [-0.39, 0.29) is 17.4 Å². The smallest absolute Gasteiger partial charge is 0.338 e. The monoisotopic (exact) mass is 490 g/mol. The summed E-state index contributed by atoms with van der Waals surface area (Å²) < 4.78 is 10.9. The number of carboxylic acid groups (broad SMARTS) is 1. The van der Waals surface area contributed by atoms with Gasteiger partial charge in [0.2, 0.25) is 0 Å². The zero-order valence-corrected chi connectivity index (χ0v) is 19.9. The average molecular weight is 491 g/mol. The molecule has 1 amide bonds. The van der Waals surface area contributed by atoms with Gasteiger partial charge >= 0.3 is 11.9 Å². The van der Waals surface area contributed by atoms with Crippen LogP contribution in [-0.2, 0) is 9.53 Å². The molecule has 1 fully saturated rings. The van der Waals surface area contributed by atoms with Crippen LogP contribution >= 0.6 is 11.8 Å². The van der Waals surface area contributed by atoms with E-state index in [0.717, 1.165) is 5.56 Å². The molecule has 9 heteroatoms. The Bertz CT molecular complexity index is 1320. The third kappa shape index (κ3) is 5.36. The number of amides is 1. The van der Waals surface area contributed by atoms with Gasteiger partial charge in [-0.15, -0.1) is 0 Å². The van der Waals surface area contributed by atoms with E-state index in [1.165, 1.54) is 23.9 Å². The van der Waals surface area contributed by atoms with Crippen molar-refractivity contribution in [3.8, 4) is 11.3 Å². The topological polar surface area (TPSA) is 109 Å². The van der Waals surface area contributed by atoms with Gasteiger partial charge in [0, 0.05) is 18.2 Å². The molecule has 0 aliphatic carbocycles. The lowest BCUT2D eigenvalue weighted by Gasteiger charge is -2.11. The Kier molecular flexibility index (Phi) is 7.17. The number of amidine groups is 1. The predicted octanol–water partition coefficient (Wildman–Crippen LogP) is 5.45. The standard InChI is InChI=1S/C26H22N2O6S/c1-3-28-23(29)22(35-26(28)27-19-11-9-17(10-12-19)24(30)31)15-20-13-14-21(34-20)16-5-7-18(8-6-16)25(32)33-4-2/h5-15H,3-4H2,1-2H3,(H,30,31)/b22-15+,27-26?. The van der Waals surface area contributed by atoms with Gasteiger partial charge in [-0.2, -0.15) is 0 Å². The highest BCUT2D eigenvalue weighted by molar-refractivity contribution is 8.18. The molecule has 1 N–H and O–H groups in total. The van der Waals surface area contributed by atoms with Gasteiger partial charge in [-0.25, -0.2) is 14.6 Å². The van der Waals surface area contributed by atoms with Crippen molar-refractivity contribution in [1.82, 2.24) is 4.90 Å². The SMILES string of the molecule is CCOC(=O)c1ccc(-c2ccc(/C=C3/SC(=Nc4ccc(C(=O)O)cc4)N(CC)C3=O)o2)cc1. The number of carboxylic acids is 1. The van der Waals surface area contributed by atoms with Crippen molar-refractivity contribution in [2.75, 3.05) is 13.2 Å². The number of esters is 1. The van der Waals surface area contributed by atoms with Crippen molar-refractivity contribution in [2.45, 2.75) is 13.8 Å². The number of likely N-dealkylation sites (N-methyl/N-ethyl adjacent to an activating group) is 1. The molecular formula is C26H22N2O6S. The van der Waals surface area contributed by atoms with Crippen LogP contribution in [0.5, 0.6) is 0 Å². The number of benzene rings is 2. The van der Waals surface area contributed by atoms with Gasteiger partial charge in [0.25, 0.3) is 5.91 Å². The fourth-order valence-corrected chi connectivity index (χ4v) is 4.40. The second kappa shape index (κ2) is 10.4. The van der Waals surface area contributed by atoms with Crippen LogP contribution in [0.15, 0.2) is 75.0 Å². The third-order valence-electron chi connectivity index (χ3n) is 5.12. The van der Waals surface area contributed by atoms with E-state index >= 15 is 0 Å². The molecule has 1 aromatic heterocycles. The van der Waals surface area contributed by atoms with Crippen LogP contribution in [0.3, 0.4) is 0 Å². The molecular weight excluding hydrogens is 468 g/mol. The maximum absolute atomic E-state index is 12.9. The highest BCUT2D eigenvalue weighted by atomic mass is 32.2. The number of thioether (sulfide) groups is 1. The summed E-state index contributed by atoms with van der Waals surface area (Å²) in [7, 11) is 0. The number of furan rings is 1. The summed E-state index contributed by atoms with van der Waals surface area (Å²) in [6.07, 6.45) is 1.67. The molecule has 2 heterocycles. The zero-order chi connectivity index (χ0) is 24.9. The predicted molar refractivity (Wildman–Crippen MR) is 134 cm³/mol. The van der Waals surface area contributed by atoms with Crippen molar-refractivity contribution in [3.63, 3.8) is 0 Å². The number of hydrogen-bond donors (Lipinski definition) is 1. The molecule has 178 valence electrons. The fourth-order valence-electron chi connectivity index (χ4n) is 3.36. The van der Waals surface area contributed by atoms with Crippen LogP contribution in [0.2, 0.25) is 0 Å². The first-order valence-corrected chi connectivity index (χ1v) is 11.7. The third-order valence-corrected chi connectivity index (χ3v) is 6.13. The first-order chi connectivity index (χ1) is 16.9. The minimum absolute atomic E-state index is 0.168. The molecule has 0 bridgehead atoms. The second-order valence-electron chi connectivity index (χ2n) is 7.41. The van der Waals surface area contributed by atoms with Crippen molar-refractivity contribution in [1.29, 1.82) is 0 Å². The van der Waals surface area contributed by atoms with E-state index in [4.69, 9.17) is 14.3 Å². The molecule has 0 saturated carbocycles. The normalized spacial score (nSPS) is 15.7. The Morgan fingerprint density at radius 1 is 1.03 bits per heavy atom. The highest BCUT2D eigenvalue weighted by Crippen LogP contribution is 2.35. The van der Waals surface area contributed by atoms with Gasteiger partial charge in [-0.05, 0) is 74.1 Å². The summed E-state index contributed by atoms with van der Waals surface area (Å²) in [6.45, 7) is 4.36. The van der Waals surface area contributed by atoms with Crippen LogP contribution in [0, 0.1) is 0 Å². The number of aliphatic imine (C=N–C) groups is 1. The number of hydrogen-bond acceptors (Lipinski definition) is 7. The largest absolute Gasteiger partial charge is 0.478 e. The van der Waals surface area contributed by atoms with Crippen molar-refractivity contribution in [2.24, 2.45) is 4.99 Å². The van der Waals surface area contributed by atoms with E-state index in [1.807, 2.05) is 6.92 Å². The summed E-state index contributed by atoms with van der Waals surface area (Å²) in [6, 6.07) is 16.6. The molecule has 0 spiro atoms. The molecule has 35 heavy (non-hydrogen) atoms. The number of rotatable bonds is 7. The van der Waals surface area contributed by atoms with E-state index in [1.54, 1.807) is 66.4 Å². The summed E-state index contributed by atoms with van der Waals surface area (Å²) in [5, 5.41) is 9.56. The molecule has 1 aliphatic heterocycles. The van der Waals surface area contributed by atoms with E-state index in [9.17, 15) is 14.4 Å². The van der Waals surface area contributed by atoms with Gasteiger partial charge in [0.1, 0.15) is 11.5 Å². The molecule has 1 aliphatic rings. The number of carbonyl (C=O) groups is 3. The van der Waals surface area contributed by atoms with E-state index in [2.05, 4.69) is 4.99 Å². The molecule has 8 nitrogen and oxygen atoms in total. The second-order valence-corrected chi connectivity index (χ2v) is 8.42. The van der Waals surface area contributed by atoms with Crippen molar-refractivity contribution in [3.05, 3.63) is 82.5 Å². The maximum atomic E-state index is 12.9. The van der Waals surface area contributed by atoms with Gasteiger partial charge in [0.15, 0.2) is 5.17 Å². The van der Waals surface area contributed by atoms with Gasteiger partial charge in [-0.3, -0.25) is 9.69 Å². The molecule has 0 atom stereocenters. The summed E-state index contributed by atoms with van der Waals surface area (Å²) in [5.41, 5.74) is 1.97. The highest BCUT2D eigenvalue weighted by Gasteiger charge is 2.32. The lowest BCUT2D eigenvalue weighted by molar-refractivity contribution is -0.122. The maximum Gasteiger partial charge on any atom is 0.338 e. The Hall–Kier alpha value is -4.11. The van der Waals surface area contributed by atoms with Crippen LogP contribution < -0.4 is 0 Å². The lowest BCUT2D eigenvalue weighted by atomic mass is 10.1. The number of aromatic carboxylic acids is 1. The summed E-state index contributed by atoms with van der Waals surface area (Å²) in [5.74, 6) is -0.467. The summed E-state index contributed by atoms with van der Waals surface area (Å²) in [4.78, 5) is 42.3. The first-order valence-electron chi connectivity index (χ1n) is 10.9. The van der Waals surface area contributed by atoms with Gasteiger partial charge < -0.3 is 14.3 Å². The quantitative estimate of drug-likeness (QED) is 0.347. The van der Waals surface area contributed by atoms with Crippen LogP contribution in [0.4, 0.5) is 5.69 Å². The average Bonchev–Trinajstić information content (AvgIpc) is 3.44. The lowest BCUT2D eigenvalue weighted by Crippen LogP contribution is -2.28. The first kappa shape index (κ1) is 24.0. The van der Waals surface area contributed by atoms with E-state index in [0.29, 0.717) is 46.0 Å². The minimum Gasteiger partial charge on any atom is -0.478 e. The fraction of sp³-hybridized carbons (Fsp3) is 0.154. The van der Waals surface area contributed by atoms with Gasteiger partial charge in [0.05, 0.1) is 28.3 Å². The van der Waals surface area contributed by atoms with Crippen LogP contribution in [0.25, 0.3) is 17.4 Å². The number of ether oxygens (including phenoxy) is 1. The zero-order valence-electron chi connectivity index (χ0n) is 19.1. The van der Waals surface area contributed by atoms with Crippen molar-refractivity contribution >= 4 is 46.5 Å². The van der Waals surface area contributed by atoms with E-state index < -0.39 is 5.97 Å². The number of nitrogens with zero attached hydrogens (tertiary/aromatic N) is 2. The molecule has 4 rings (SSSR count). The molecule has 0 unspecified atom stereocenters. The summed E-state index contributed by atoms with van der Waals surface area (Å²) >= 11 is 1.23. The van der Waals surface area contributed by atoms with Crippen LogP contribution in [-0.4, -0.2) is 46.2 Å². The van der Waals surface area contributed by atoms with Crippen molar-refractivity contribution < 1.29 is 28.6 Å². The Balaban J connectivity index is 1.53.